The quantitative estimate of drug-likeness (QED) is 0.359. The highest BCUT2D eigenvalue weighted by Gasteiger charge is 2.11. The van der Waals surface area contributed by atoms with Crippen LogP contribution in [-0.2, 0) is 23.9 Å². The third-order valence-electron chi connectivity index (χ3n) is 4.57. The molecule has 2 aromatic carbocycles. The van der Waals surface area contributed by atoms with Crippen LogP contribution in [0.5, 0.6) is 0 Å². The normalized spacial score (nSPS) is 10.2. The Morgan fingerprint density at radius 1 is 0.735 bits per heavy atom. The Balaban J connectivity index is 1.64. The average Bonchev–Trinajstić information content (AvgIpc) is 2.82. The van der Waals surface area contributed by atoms with Gasteiger partial charge in [-0.25, -0.2) is 4.79 Å². The van der Waals surface area contributed by atoms with Crippen molar-refractivity contribution in [2.75, 3.05) is 23.8 Å². The van der Waals surface area contributed by atoms with E-state index in [0.717, 1.165) is 6.42 Å². The molecule has 0 heterocycles. The van der Waals surface area contributed by atoms with Crippen LogP contribution in [0, 0.1) is 0 Å². The van der Waals surface area contributed by atoms with E-state index in [4.69, 9.17) is 9.47 Å². The highest BCUT2D eigenvalue weighted by Crippen LogP contribution is 2.12. The van der Waals surface area contributed by atoms with Crippen molar-refractivity contribution >= 4 is 40.9 Å². The molecule has 2 rings (SSSR count). The van der Waals surface area contributed by atoms with Crippen LogP contribution >= 0.6 is 0 Å². The lowest BCUT2D eigenvalue weighted by Gasteiger charge is -2.08. The van der Waals surface area contributed by atoms with Gasteiger partial charge in [-0.2, -0.15) is 0 Å². The van der Waals surface area contributed by atoms with Crippen molar-refractivity contribution in [3.05, 3.63) is 59.7 Å². The van der Waals surface area contributed by atoms with Crippen LogP contribution in [-0.4, -0.2) is 42.7 Å². The summed E-state index contributed by atoms with van der Waals surface area (Å²) in [6.45, 7) is 3.25. The first kappa shape index (κ1) is 26.2. The van der Waals surface area contributed by atoms with Gasteiger partial charge in [-0.05, 0) is 68.3 Å². The zero-order valence-corrected chi connectivity index (χ0v) is 19.2. The summed E-state index contributed by atoms with van der Waals surface area (Å²) in [5.41, 5.74) is 1.92. The molecular weight excluding hydrogens is 440 g/mol. The fourth-order valence-corrected chi connectivity index (χ4v) is 2.79. The smallest absolute Gasteiger partial charge is 0.338 e. The predicted molar refractivity (Wildman–Crippen MR) is 126 cm³/mol. The SMILES string of the molecule is CCCOC(=O)c1ccc(NC(=O)CCCC(=O)OCC(=O)Nc2ccc(C(C)=O)cc2)cc1. The van der Waals surface area contributed by atoms with Crippen molar-refractivity contribution in [1.82, 2.24) is 0 Å². The fraction of sp³-hybridized carbons (Fsp3) is 0.320. The van der Waals surface area contributed by atoms with Crippen LogP contribution in [0.15, 0.2) is 48.5 Å². The van der Waals surface area contributed by atoms with Gasteiger partial charge >= 0.3 is 11.9 Å². The maximum Gasteiger partial charge on any atom is 0.338 e. The summed E-state index contributed by atoms with van der Waals surface area (Å²) < 4.78 is 9.96. The standard InChI is InChI=1S/C25H28N2O7/c1-3-15-33-25(32)19-9-13-20(14-10-19)26-22(29)5-4-6-24(31)34-16-23(30)27-21-11-7-18(8-12-21)17(2)28/h7-14H,3-6,15-16H2,1-2H3,(H,26,29)(H,27,30). The van der Waals surface area contributed by atoms with Gasteiger partial charge in [-0.3, -0.25) is 19.2 Å². The zero-order chi connectivity index (χ0) is 24.9. The first-order valence-corrected chi connectivity index (χ1v) is 10.9. The van der Waals surface area contributed by atoms with Gasteiger partial charge in [0.25, 0.3) is 5.91 Å². The van der Waals surface area contributed by atoms with Crippen molar-refractivity contribution in [2.24, 2.45) is 0 Å². The molecule has 2 amide bonds. The third-order valence-corrected chi connectivity index (χ3v) is 4.57. The van der Waals surface area contributed by atoms with Gasteiger partial charge in [-0.15, -0.1) is 0 Å². The van der Waals surface area contributed by atoms with E-state index in [2.05, 4.69) is 10.6 Å². The Bertz CT molecular complexity index is 1010. The average molecular weight is 469 g/mol. The Morgan fingerprint density at radius 2 is 1.29 bits per heavy atom. The number of hydrogen-bond donors (Lipinski definition) is 2. The molecule has 180 valence electrons. The molecule has 0 atom stereocenters. The minimum atomic E-state index is -0.593. The summed E-state index contributed by atoms with van der Waals surface area (Å²) in [6.07, 6.45) is 1.05. The summed E-state index contributed by atoms with van der Waals surface area (Å²) in [6, 6.07) is 12.7. The van der Waals surface area contributed by atoms with E-state index in [1.807, 2.05) is 6.92 Å². The Hall–Kier alpha value is -4.01. The number of ether oxygens (including phenoxy) is 2. The highest BCUT2D eigenvalue weighted by atomic mass is 16.5. The monoisotopic (exact) mass is 468 g/mol. The lowest BCUT2D eigenvalue weighted by atomic mass is 10.1. The summed E-state index contributed by atoms with van der Waals surface area (Å²) in [4.78, 5) is 58.8. The Labute approximate surface area is 197 Å². The van der Waals surface area contributed by atoms with Gasteiger partial charge in [0.05, 0.1) is 12.2 Å². The van der Waals surface area contributed by atoms with Crippen molar-refractivity contribution in [3.63, 3.8) is 0 Å². The molecule has 0 unspecified atom stereocenters. The van der Waals surface area contributed by atoms with Crippen LogP contribution < -0.4 is 10.6 Å². The maximum absolute atomic E-state index is 12.0. The van der Waals surface area contributed by atoms with E-state index < -0.39 is 24.5 Å². The van der Waals surface area contributed by atoms with Gasteiger partial charge in [0, 0.05) is 29.8 Å². The van der Waals surface area contributed by atoms with Crippen LogP contribution in [0.4, 0.5) is 11.4 Å². The van der Waals surface area contributed by atoms with Crippen LogP contribution in [0.3, 0.4) is 0 Å². The second-order valence-electron chi connectivity index (χ2n) is 7.46. The molecule has 2 N–H and O–H groups in total. The Kier molecular flexibility index (Phi) is 10.4. The molecule has 2 aromatic rings. The van der Waals surface area contributed by atoms with Crippen molar-refractivity contribution in [1.29, 1.82) is 0 Å². The molecule has 0 spiro atoms. The summed E-state index contributed by atoms with van der Waals surface area (Å²) in [7, 11) is 0. The van der Waals surface area contributed by atoms with Crippen LogP contribution in [0.1, 0.15) is 60.2 Å². The van der Waals surface area contributed by atoms with E-state index in [9.17, 15) is 24.0 Å². The van der Waals surface area contributed by atoms with E-state index in [-0.39, 0.29) is 31.0 Å². The molecule has 9 heteroatoms. The predicted octanol–water partition coefficient (Wildman–Crippen LogP) is 3.75. The van der Waals surface area contributed by atoms with Gasteiger partial charge in [0.1, 0.15) is 0 Å². The number of hydrogen-bond acceptors (Lipinski definition) is 7. The molecule has 0 aliphatic rings. The molecule has 34 heavy (non-hydrogen) atoms. The molecule has 0 bridgehead atoms. The van der Waals surface area contributed by atoms with Crippen molar-refractivity contribution in [3.8, 4) is 0 Å². The lowest BCUT2D eigenvalue weighted by molar-refractivity contribution is -0.147. The Morgan fingerprint density at radius 3 is 1.85 bits per heavy atom. The number of esters is 2. The largest absolute Gasteiger partial charge is 0.462 e. The third kappa shape index (κ3) is 9.23. The number of carbonyl (C=O) groups excluding carboxylic acids is 5. The first-order valence-electron chi connectivity index (χ1n) is 10.9. The number of anilines is 2. The second-order valence-corrected chi connectivity index (χ2v) is 7.46. The van der Waals surface area contributed by atoms with Crippen LogP contribution in [0.25, 0.3) is 0 Å². The zero-order valence-electron chi connectivity index (χ0n) is 19.2. The molecule has 0 aliphatic heterocycles. The number of Topliss-reactive ketones (excluding diaryl/α,β-unsaturated/α-hetero) is 1. The van der Waals surface area contributed by atoms with Gasteiger partial charge in [-0.1, -0.05) is 6.92 Å². The maximum atomic E-state index is 12.0. The van der Waals surface area contributed by atoms with Gasteiger partial charge in [0.2, 0.25) is 5.91 Å². The number of ketones is 1. The van der Waals surface area contributed by atoms with E-state index >= 15 is 0 Å². The van der Waals surface area contributed by atoms with E-state index in [1.165, 1.54) is 6.92 Å². The van der Waals surface area contributed by atoms with E-state index in [0.29, 0.717) is 29.1 Å². The van der Waals surface area contributed by atoms with Gasteiger partial charge in [0.15, 0.2) is 12.4 Å². The number of carbonyl (C=O) groups is 5. The molecular formula is C25H28N2O7. The van der Waals surface area contributed by atoms with Crippen LogP contribution in [0.2, 0.25) is 0 Å². The summed E-state index contributed by atoms with van der Waals surface area (Å²) in [5, 5.41) is 5.25. The minimum Gasteiger partial charge on any atom is -0.462 e. The molecule has 0 aliphatic carbocycles. The number of rotatable bonds is 12. The second kappa shape index (κ2) is 13.5. The fourth-order valence-electron chi connectivity index (χ4n) is 2.79. The minimum absolute atomic E-state index is 0.0176. The molecule has 9 nitrogen and oxygen atoms in total. The summed E-state index contributed by atoms with van der Waals surface area (Å²) in [5.74, 6) is -1.89. The van der Waals surface area contributed by atoms with Crippen molar-refractivity contribution in [2.45, 2.75) is 39.5 Å². The lowest BCUT2D eigenvalue weighted by Crippen LogP contribution is -2.21. The first-order chi connectivity index (χ1) is 16.3. The number of benzene rings is 2. The summed E-state index contributed by atoms with van der Waals surface area (Å²) >= 11 is 0. The highest BCUT2D eigenvalue weighted by molar-refractivity contribution is 5.96. The molecule has 0 saturated carbocycles. The molecule has 0 aromatic heterocycles. The number of nitrogens with one attached hydrogen (secondary N) is 2. The topological polar surface area (TPSA) is 128 Å². The molecule has 0 saturated heterocycles. The van der Waals surface area contributed by atoms with E-state index in [1.54, 1.807) is 48.5 Å². The molecule has 0 radical (unpaired) electrons. The number of amides is 2. The van der Waals surface area contributed by atoms with Crippen molar-refractivity contribution < 1.29 is 33.4 Å². The molecule has 0 fully saturated rings. The van der Waals surface area contributed by atoms with Gasteiger partial charge < -0.3 is 20.1 Å².